The van der Waals surface area contributed by atoms with Gasteiger partial charge in [0.05, 0.1) is 0 Å². The third-order valence-corrected chi connectivity index (χ3v) is 5.23. The molecule has 0 radical (unpaired) electrons. The monoisotopic (exact) mass is 243 g/mol. The first kappa shape index (κ1) is 12.2. The van der Waals surface area contributed by atoms with E-state index < -0.39 is 0 Å². The average molecular weight is 243 g/mol. The molecular formula is C17H25N. The molecule has 0 heterocycles. The van der Waals surface area contributed by atoms with Crippen LogP contribution in [0.3, 0.4) is 0 Å². The predicted molar refractivity (Wildman–Crippen MR) is 77.0 cm³/mol. The third kappa shape index (κ3) is 1.89. The van der Waals surface area contributed by atoms with Crippen LogP contribution in [0.5, 0.6) is 0 Å². The van der Waals surface area contributed by atoms with Crippen LogP contribution < -0.4 is 0 Å². The first-order valence-corrected chi connectivity index (χ1v) is 7.45. The van der Waals surface area contributed by atoms with Crippen LogP contribution >= 0.6 is 0 Å². The zero-order valence-corrected chi connectivity index (χ0v) is 11.8. The number of nitrogens with zero attached hydrogens (tertiary/aromatic N) is 1. The highest BCUT2D eigenvalue weighted by Gasteiger charge is 2.46. The molecule has 1 aromatic carbocycles. The molecule has 3 rings (SSSR count). The maximum Gasteiger partial charge on any atom is -0.0000729 e. The molecule has 0 bridgehead atoms. The quantitative estimate of drug-likeness (QED) is 0.783. The molecule has 2 aliphatic rings. The first-order valence-electron chi connectivity index (χ1n) is 7.45. The average Bonchev–Trinajstić information content (AvgIpc) is 2.71. The van der Waals surface area contributed by atoms with Crippen molar-refractivity contribution in [3.8, 4) is 0 Å². The molecule has 1 heteroatoms. The fourth-order valence-corrected chi connectivity index (χ4v) is 4.30. The fourth-order valence-electron chi connectivity index (χ4n) is 4.30. The van der Waals surface area contributed by atoms with Crippen molar-refractivity contribution in [1.29, 1.82) is 0 Å². The molecule has 0 saturated heterocycles. The number of rotatable bonds is 3. The number of hydrogen-bond donors (Lipinski definition) is 0. The van der Waals surface area contributed by atoms with Crippen molar-refractivity contribution >= 4 is 0 Å². The van der Waals surface area contributed by atoms with Crippen LogP contribution in [0.4, 0.5) is 0 Å². The second-order valence-electron chi connectivity index (χ2n) is 6.51. The lowest BCUT2D eigenvalue weighted by atomic mass is 9.64. The van der Waals surface area contributed by atoms with E-state index in [9.17, 15) is 0 Å². The van der Waals surface area contributed by atoms with Crippen LogP contribution in [0, 0.1) is 5.92 Å². The Morgan fingerprint density at radius 1 is 1.22 bits per heavy atom. The van der Waals surface area contributed by atoms with E-state index >= 15 is 0 Å². The van der Waals surface area contributed by atoms with Gasteiger partial charge in [0.2, 0.25) is 0 Å². The van der Waals surface area contributed by atoms with Crippen molar-refractivity contribution in [3.05, 3.63) is 35.4 Å². The highest BCUT2D eigenvalue weighted by molar-refractivity contribution is 5.41. The second-order valence-corrected chi connectivity index (χ2v) is 6.51. The van der Waals surface area contributed by atoms with Crippen molar-refractivity contribution in [2.24, 2.45) is 5.92 Å². The van der Waals surface area contributed by atoms with Gasteiger partial charge in [-0.2, -0.15) is 0 Å². The summed E-state index contributed by atoms with van der Waals surface area (Å²) >= 11 is 0. The van der Waals surface area contributed by atoms with Crippen molar-refractivity contribution in [2.45, 2.75) is 43.9 Å². The molecule has 2 atom stereocenters. The highest BCUT2D eigenvalue weighted by Crippen LogP contribution is 2.53. The Morgan fingerprint density at radius 2 is 2.06 bits per heavy atom. The standard InChI is InChI=1S/C17H25N/c1-18(2)12-11-17-10-6-5-8-15(17)13-14-7-3-4-9-16(14)17/h3-4,7,9,15H,5-6,8,10-13H2,1-2H3. The lowest BCUT2D eigenvalue weighted by Gasteiger charge is -2.41. The van der Waals surface area contributed by atoms with Crippen LogP contribution in [0.15, 0.2) is 24.3 Å². The van der Waals surface area contributed by atoms with Gasteiger partial charge in [0.25, 0.3) is 0 Å². The largest absolute Gasteiger partial charge is 0.309 e. The van der Waals surface area contributed by atoms with E-state index in [2.05, 4.69) is 43.3 Å². The van der Waals surface area contributed by atoms with Crippen molar-refractivity contribution in [1.82, 2.24) is 4.90 Å². The van der Waals surface area contributed by atoms with E-state index in [-0.39, 0.29) is 0 Å². The van der Waals surface area contributed by atoms with Crippen LogP contribution in [-0.2, 0) is 11.8 Å². The molecule has 1 aromatic rings. The van der Waals surface area contributed by atoms with Gasteiger partial charge in [-0.15, -0.1) is 0 Å². The minimum atomic E-state index is 0.513. The summed E-state index contributed by atoms with van der Waals surface area (Å²) in [5.74, 6) is 0.920. The summed E-state index contributed by atoms with van der Waals surface area (Å²) in [7, 11) is 4.41. The molecule has 0 amide bonds. The van der Waals surface area contributed by atoms with E-state index in [0.717, 1.165) is 5.92 Å². The van der Waals surface area contributed by atoms with E-state index in [1.54, 1.807) is 11.1 Å². The lowest BCUT2D eigenvalue weighted by molar-refractivity contribution is 0.174. The Labute approximate surface area is 111 Å². The van der Waals surface area contributed by atoms with Gasteiger partial charge in [0.15, 0.2) is 0 Å². The molecular weight excluding hydrogens is 218 g/mol. The van der Waals surface area contributed by atoms with Gasteiger partial charge >= 0.3 is 0 Å². The predicted octanol–water partition coefficient (Wildman–Crippen LogP) is 3.62. The number of hydrogen-bond acceptors (Lipinski definition) is 1. The summed E-state index contributed by atoms with van der Waals surface area (Å²) in [5.41, 5.74) is 3.85. The van der Waals surface area contributed by atoms with Gasteiger partial charge in [-0.05, 0) is 68.8 Å². The van der Waals surface area contributed by atoms with Gasteiger partial charge in [-0.1, -0.05) is 37.1 Å². The van der Waals surface area contributed by atoms with Gasteiger partial charge < -0.3 is 4.90 Å². The van der Waals surface area contributed by atoms with Crippen LogP contribution in [0.1, 0.15) is 43.2 Å². The number of fused-ring (bicyclic) bond motifs is 3. The van der Waals surface area contributed by atoms with E-state index in [4.69, 9.17) is 0 Å². The molecule has 0 N–H and O–H groups in total. The molecule has 0 aromatic heterocycles. The van der Waals surface area contributed by atoms with Crippen molar-refractivity contribution in [2.75, 3.05) is 20.6 Å². The summed E-state index contributed by atoms with van der Waals surface area (Å²) in [5, 5.41) is 0. The molecule has 2 unspecified atom stereocenters. The molecule has 0 spiro atoms. The van der Waals surface area contributed by atoms with E-state index in [0.29, 0.717) is 5.41 Å². The third-order valence-electron chi connectivity index (χ3n) is 5.23. The molecule has 0 aliphatic heterocycles. The van der Waals surface area contributed by atoms with Crippen LogP contribution in [0.25, 0.3) is 0 Å². The minimum absolute atomic E-state index is 0.513. The van der Waals surface area contributed by atoms with E-state index in [1.807, 2.05) is 0 Å². The number of benzene rings is 1. The first-order chi connectivity index (χ1) is 8.72. The Hall–Kier alpha value is -0.820. The zero-order chi connectivity index (χ0) is 12.6. The van der Waals surface area contributed by atoms with Gasteiger partial charge in [0.1, 0.15) is 0 Å². The smallest absolute Gasteiger partial charge is 0.0000729 e. The highest BCUT2D eigenvalue weighted by atomic mass is 15.0. The molecule has 2 aliphatic carbocycles. The summed E-state index contributed by atoms with van der Waals surface area (Å²) in [4.78, 5) is 2.35. The zero-order valence-electron chi connectivity index (χ0n) is 11.8. The molecule has 1 saturated carbocycles. The van der Waals surface area contributed by atoms with Gasteiger partial charge in [-0.25, -0.2) is 0 Å². The van der Waals surface area contributed by atoms with E-state index in [1.165, 1.54) is 45.1 Å². The molecule has 1 nitrogen and oxygen atoms in total. The van der Waals surface area contributed by atoms with Crippen LogP contribution in [0.2, 0.25) is 0 Å². The summed E-state index contributed by atoms with van der Waals surface area (Å²) in [6, 6.07) is 9.24. The lowest BCUT2D eigenvalue weighted by Crippen LogP contribution is -2.37. The van der Waals surface area contributed by atoms with Crippen molar-refractivity contribution < 1.29 is 0 Å². The Bertz CT molecular complexity index is 423. The summed E-state index contributed by atoms with van der Waals surface area (Å²) in [6.45, 7) is 1.23. The molecule has 1 fully saturated rings. The normalized spacial score (nSPS) is 30.3. The molecule has 98 valence electrons. The summed E-state index contributed by atoms with van der Waals surface area (Å²) < 4.78 is 0. The minimum Gasteiger partial charge on any atom is -0.309 e. The topological polar surface area (TPSA) is 3.24 Å². The Kier molecular flexibility index (Phi) is 3.19. The van der Waals surface area contributed by atoms with Gasteiger partial charge in [0, 0.05) is 0 Å². The SMILES string of the molecule is CN(C)CCC12CCCCC1Cc1ccccc12. The second kappa shape index (κ2) is 4.70. The van der Waals surface area contributed by atoms with Crippen LogP contribution in [-0.4, -0.2) is 25.5 Å². The van der Waals surface area contributed by atoms with Crippen molar-refractivity contribution in [3.63, 3.8) is 0 Å². The molecule has 18 heavy (non-hydrogen) atoms. The maximum atomic E-state index is 2.41. The van der Waals surface area contributed by atoms with Gasteiger partial charge in [-0.3, -0.25) is 0 Å². The Morgan fingerprint density at radius 3 is 2.89 bits per heavy atom. The maximum absolute atomic E-state index is 2.41. The summed E-state index contributed by atoms with van der Waals surface area (Å²) in [6.07, 6.45) is 8.43. The Balaban J connectivity index is 1.95. The fraction of sp³-hybridized carbons (Fsp3) is 0.647.